The first-order valence-electron chi connectivity index (χ1n) is 21.7. The smallest absolute Gasteiger partial charge is 0.462 e. The highest BCUT2D eigenvalue weighted by Gasteiger charge is 2.27. The van der Waals surface area contributed by atoms with Gasteiger partial charge in [-0.15, -0.1) is 0 Å². The molecule has 0 fully saturated rings. The number of esters is 2. The van der Waals surface area contributed by atoms with Gasteiger partial charge in [0.25, 0.3) is 0 Å². The zero-order valence-corrected chi connectivity index (χ0v) is 36.3. The molecule has 0 aliphatic rings. The molecule has 0 aliphatic heterocycles. The molecule has 0 saturated heterocycles. The summed E-state index contributed by atoms with van der Waals surface area (Å²) in [7, 11) is -4.65. The Hall–Kier alpha value is -2.89. The van der Waals surface area contributed by atoms with Crippen LogP contribution in [-0.2, 0) is 32.7 Å². The molecule has 12 heteroatoms. The largest absolute Gasteiger partial charge is 0.472 e. The third-order valence-corrected chi connectivity index (χ3v) is 9.53. The highest BCUT2D eigenvalue weighted by Crippen LogP contribution is 2.43. The van der Waals surface area contributed by atoms with Crippen molar-refractivity contribution in [1.29, 1.82) is 0 Å². The van der Waals surface area contributed by atoms with Gasteiger partial charge in [-0.2, -0.15) is 0 Å². The van der Waals surface area contributed by atoms with Crippen molar-refractivity contribution in [3.05, 3.63) is 85.1 Å². The van der Waals surface area contributed by atoms with Gasteiger partial charge in [0.15, 0.2) is 6.10 Å². The summed E-state index contributed by atoms with van der Waals surface area (Å²) < 4.78 is 32.6. The molecular formula is C46H77O11P. The number of carbonyl (C=O) groups excluding carboxylic acids is 2. The number of hydrogen-bond donors (Lipinski definition) is 4. The number of rotatable bonds is 40. The molecular weight excluding hydrogens is 759 g/mol. The predicted octanol–water partition coefficient (Wildman–Crippen LogP) is 10.4. The summed E-state index contributed by atoms with van der Waals surface area (Å²) in [5.74, 6) is -1.07. The minimum absolute atomic E-state index is 0.0909. The molecule has 0 aromatic carbocycles. The number of phosphoric acid groups is 1. The van der Waals surface area contributed by atoms with Crippen LogP contribution in [0.1, 0.15) is 148 Å². The fourth-order valence-corrected chi connectivity index (χ4v) is 6.00. The molecule has 0 bridgehead atoms. The summed E-state index contributed by atoms with van der Waals surface area (Å²) in [6, 6.07) is 0. The van der Waals surface area contributed by atoms with Crippen LogP contribution in [0.5, 0.6) is 0 Å². The minimum atomic E-state index is -4.65. The van der Waals surface area contributed by atoms with Crippen molar-refractivity contribution in [3.8, 4) is 0 Å². The van der Waals surface area contributed by atoms with Crippen molar-refractivity contribution in [2.75, 3.05) is 33.0 Å². The summed E-state index contributed by atoms with van der Waals surface area (Å²) in [6.45, 7) is 0.234. The van der Waals surface area contributed by atoms with E-state index >= 15 is 0 Å². The summed E-state index contributed by atoms with van der Waals surface area (Å²) in [5.41, 5.74) is 0. The Kier molecular flexibility index (Phi) is 40.1. The second kappa shape index (κ2) is 42.2. The average Bonchev–Trinajstić information content (AvgIpc) is 3.21. The van der Waals surface area contributed by atoms with Crippen molar-refractivity contribution >= 4 is 19.8 Å². The van der Waals surface area contributed by atoms with Gasteiger partial charge in [0, 0.05) is 19.4 Å². The number of allylic oxidation sites excluding steroid dienone is 14. The molecule has 0 spiro atoms. The molecule has 0 rings (SSSR count). The monoisotopic (exact) mass is 837 g/mol. The minimum Gasteiger partial charge on any atom is -0.462 e. The van der Waals surface area contributed by atoms with Gasteiger partial charge in [-0.05, 0) is 89.9 Å². The van der Waals surface area contributed by atoms with E-state index in [0.29, 0.717) is 25.7 Å². The van der Waals surface area contributed by atoms with Crippen LogP contribution in [0.2, 0.25) is 0 Å². The summed E-state index contributed by atoms with van der Waals surface area (Å²) >= 11 is 0. The molecule has 0 amide bonds. The van der Waals surface area contributed by atoms with Gasteiger partial charge >= 0.3 is 19.8 Å². The number of hydrogen-bond acceptors (Lipinski definition) is 10. The molecule has 0 heterocycles. The number of unbranched alkanes of at least 4 members (excludes halogenated alkanes) is 11. The van der Waals surface area contributed by atoms with Gasteiger partial charge in [0.2, 0.25) is 0 Å². The summed E-state index contributed by atoms with van der Waals surface area (Å²) in [4.78, 5) is 34.9. The first-order chi connectivity index (χ1) is 28.2. The topological polar surface area (TPSA) is 169 Å². The second-order valence-corrected chi connectivity index (χ2v) is 15.5. The number of carbonyl (C=O) groups is 2. The zero-order valence-electron chi connectivity index (χ0n) is 35.4. The number of aliphatic hydroxyl groups is 3. The average molecular weight is 837 g/mol. The van der Waals surface area contributed by atoms with Crippen LogP contribution in [0.3, 0.4) is 0 Å². The SMILES string of the molecule is CCCCCCCC/C=C\C/C=C\C/C=C\CCCC(=O)O[C@H](COC(=O)CCC/C=C\C/C=C\C/C=C\C/C=C\CCCCCO)COP(=O)(O)OC[C@@H](O)CO. The molecule has 0 saturated carbocycles. The first kappa shape index (κ1) is 55.1. The van der Waals surface area contributed by atoms with Gasteiger partial charge < -0.3 is 29.7 Å². The van der Waals surface area contributed by atoms with E-state index in [1.807, 2.05) is 24.3 Å². The lowest BCUT2D eigenvalue weighted by molar-refractivity contribution is -0.161. The molecule has 332 valence electrons. The molecule has 58 heavy (non-hydrogen) atoms. The van der Waals surface area contributed by atoms with Crippen molar-refractivity contribution < 1.29 is 52.9 Å². The van der Waals surface area contributed by atoms with Gasteiger partial charge in [0.05, 0.1) is 19.8 Å². The van der Waals surface area contributed by atoms with Crippen molar-refractivity contribution in [1.82, 2.24) is 0 Å². The van der Waals surface area contributed by atoms with E-state index in [2.05, 4.69) is 72.2 Å². The Labute approximate surface area is 350 Å². The Morgan fingerprint density at radius 1 is 0.534 bits per heavy atom. The highest BCUT2D eigenvalue weighted by molar-refractivity contribution is 7.47. The van der Waals surface area contributed by atoms with E-state index in [1.54, 1.807) is 0 Å². The molecule has 1 unspecified atom stereocenters. The van der Waals surface area contributed by atoms with E-state index in [9.17, 15) is 24.2 Å². The fourth-order valence-electron chi connectivity index (χ4n) is 5.21. The van der Waals surface area contributed by atoms with E-state index < -0.39 is 51.8 Å². The van der Waals surface area contributed by atoms with Crippen LogP contribution in [0.15, 0.2) is 85.1 Å². The number of phosphoric ester groups is 1. The van der Waals surface area contributed by atoms with Crippen LogP contribution < -0.4 is 0 Å². The number of ether oxygens (including phenoxy) is 2. The van der Waals surface area contributed by atoms with Crippen molar-refractivity contribution in [2.45, 2.75) is 160 Å². The van der Waals surface area contributed by atoms with Gasteiger partial charge in [-0.3, -0.25) is 18.6 Å². The van der Waals surface area contributed by atoms with Crippen LogP contribution in [0.25, 0.3) is 0 Å². The predicted molar refractivity (Wildman–Crippen MR) is 234 cm³/mol. The maximum atomic E-state index is 12.6. The molecule has 4 N–H and O–H groups in total. The summed E-state index contributed by atoms with van der Waals surface area (Å²) in [5, 5.41) is 27.1. The normalized spacial score (nSPS) is 14.6. The van der Waals surface area contributed by atoms with Crippen LogP contribution >= 0.6 is 7.82 Å². The Balaban J connectivity index is 4.49. The van der Waals surface area contributed by atoms with Crippen LogP contribution in [0, 0.1) is 0 Å². The number of aliphatic hydroxyl groups excluding tert-OH is 3. The lowest BCUT2D eigenvalue weighted by Gasteiger charge is -2.20. The lowest BCUT2D eigenvalue weighted by atomic mass is 10.1. The Bertz CT molecular complexity index is 1240. The standard InChI is InChI=1S/C46H77O11P/c1-2-3-4-5-6-7-8-9-10-12-16-19-22-25-28-31-34-37-46(51)57-44(42-56-58(52,53)55-40-43(49)39-48)41-54-45(50)36-33-30-27-24-21-18-15-13-11-14-17-20-23-26-29-32-35-38-47/h9-11,14-16,18-20,23-25,27-28,43-44,47-49H,2-8,12-13,17,21-22,26,29-42H2,1H3,(H,52,53)/b10-9-,14-11-,18-15-,19-16-,23-20-,27-24-,28-25-/t43-,44+/m0/s1. The Morgan fingerprint density at radius 2 is 0.948 bits per heavy atom. The molecule has 0 radical (unpaired) electrons. The fraction of sp³-hybridized carbons (Fsp3) is 0.652. The third-order valence-electron chi connectivity index (χ3n) is 8.58. The molecule has 0 aromatic heterocycles. The second-order valence-electron chi connectivity index (χ2n) is 14.1. The molecule has 0 aliphatic carbocycles. The van der Waals surface area contributed by atoms with Crippen molar-refractivity contribution in [3.63, 3.8) is 0 Å². The van der Waals surface area contributed by atoms with Crippen LogP contribution in [0.4, 0.5) is 0 Å². The van der Waals surface area contributed by atoms with E-state index in [4.69, 9.17) is 24.2 Å². The van der Waals surface area contributed by atoms with Gasteiger partial charge in [-0.1, -0.05) is 131 Å². The van der Waals surface area contributed by atoms with E-state index in [0.717, 1.165) is 64.2 Å². The molecule has 0 aromatic rings. The summed E-state index contributed by atoms with van der Waals surface area (Å²) in [6.07, 6.45) is 47.2. The van der Waals surface area contributed by atoms with Crippen molar-refractivity contribution in [2.24, 2.45) is 0 Å². The maximum Gasteiger partial charge on any atom is 0.472 e. The lowest BCUT2D eigenvalue weighted by Crippen LogP contribution is -2.29. The first-order valence-corrected chi connectivity index (χ1v) is 23.1. The zero-order chi connectivity index (χ0) is 42.6. The van der Waals surface area contributed by atoms with Crippen LogP contribution in [-0.4, -0.2) is 77.4 Å². The maximum absolute atomic E-state index is 12.6. The third kappa shape index (κ3) is 41.3. The molecule has 11 nitrogen and oxygen atoms in total. The van der Waals surface area contributed by atoms with E-state index in [1.165, 1.54) is 38.5 Å². The van der Waals surface area contributed by atoms with Gasteiger partial charge in [0.1, 0.15) is 12.7 Å². The van der Waals surface area contributed by atoms with E-state index in [-0.39, 0.29) is 26.1 Å². The van der Waals surface area contributed by atoms with Gasteiger partial charge in [-0.25, -0.2) is 4.57 Å². The quantitative estimate of drug-likeness (QED) is 0.0201. The highest BCUT2D eigenvalue weighted by atomic mass is 31.2. The molecule has 3 atom stereocenters. The Morgan fingerprint density at radius 3 is 1.43 bits per heavy atom.